The largest absolute Gasteiger partial charge is 0.342 e. The molecule has 0 aliphatic carbocycles. The van der Waals surface area contributed by atoms with Crippen LogP contribution < -0.4 is 5.73 Å². The smallest absolute Gasteiger partial charge is 0.110 e. The average Bonchev–Trinajstić information content (AvgIpc) is 2.92. The van der Waals surface area contributed by atoms with Crippen LogP contribution in [0.3, 0.4) is 0 Å². The highest BCUT2D eigenvalue weighted by atomic mass is 15.1. The summed E-state index contributed by atoms with van der Waals surface area (Å²) in [4.78, 5) is 12.4. The predicted molar refractivity (Wildman–Crippen MR) is 80.5 cm³/mol. The lowest BCUT2D eigenvalue weighted by Gasteiger charge is -2.01. The van der Waals surface area contributed by atoms with Crippen molar-refractivity contribution in [1.82, 2.24) is 19.5 Å². The third-order valence-corrected chi connectivity index (χ3v) is 3.72. The first-order valence-electron chi connectivity index (χ1n) is 6.79. The number of hydrogen-bond donors (Lipinski definition) is 2. The summed E-state index contributed by atoms with van der Waals surface area (Å²) in [7, 11) is 2.04. The van der Waals surface area contributed by atoms with Gasteiger partial charge in [0.2, 0.25) is 0 Å². The van der Waals surface area contributed by atoms with Gasteiger partial charge in [-0.2, -0.15) is 0 Å². The van der Waals surface area contributed by atoms with Gasteiger partial charge in [-0.25, -0.2) is 9.97 Å². The predicted octanol–water partition coefficient (Wildman–Crippen LogP) is 2.08. The minimum absolute atomic E-state index is 0.614. The van der Waals surface area contributed by atoms with Crippen LogP contribution in [0.4, 0.5) is 0 Å². The Hall–Kier alpha value is -2.14. The van der Waals surface area contributed by atoms with E-state index >= 15 is 0 Å². The zero-order chi connectivity index (χ0) is 14.3. The molecular weight excluding hydrogens is 250 g/mol. The molecule has 0 atom stereocenters. The van der Waals surface area contributed by atoms with Gasteiger partial charge in [0.05, 0.1) is 16.7 Å². The number of fused-ring (bicyclic) bond motifs is 1. The second-order valence-electron chi connectivity index (χ2n) is 5.11. The first kappa shape index (κ1) is 12.9. The lowest BCUT2D eigenvalue weighted by molar-refractivity contribution is 0.761. The number of nitrogens with two attached hydrogens (primary N) is 1. The van der Waals surface area contributed by atoms with Gasteiger partial charge in [0.15, 0.2) is 0 Å². The summed E-state index contributed by atoms with van der Waals surface area (Å²) in [6.45, 7) is 4.66. The topological polar surface area (TPSA) is 72.5 Å². The van der Waals surface area contributed by atoms with E-state index in [0.29, 0.717) is 6.54 Å². The van der Waals surface area contributed by atoms with Crippen molar-refractivity contribution in [3.8, 4) is 11.3 Å². The Morgan fingerprint density at radius 1 is 1.25 bits per heavy atom. The van der Waals surface area contributed by atoms with Gasteiger partial charge >= 0.3 is 0 Å². The summed E-state index contributed by atoms with van der Waals surface area (Å²) < 4.78 is 2.12. The van der Waals surface area contributed by atoms with E-state index in [4.69, 9.17) is 10.7 Å². The van der Waals surface area contributed by atoms with Crippen LogP contribution in [0.15, 0.2) is 18.2 Å². The summed E-state index contributed by atoms with van der Waals surface area (Å²) in [6, 6.07) is 6.21. The molecule has 104 valence electrons. The number of aromatic nitrogens is 4. The molecule has 20 heavy (non-hydrogen) atoms. The molecule has 0 unspecified atom stereocenters. The number of imidazole rings is 2. The maximum atomic E-state index is 5.64. The molecule has 0 radical (unpaired) electrons. The van der Waals surface area contributed by atoms with Gasteiger partial charge in [-0.3, -0.25) is 0 Å². The van der Waals surface area contributed by atoms with Crippen molar-refractivity contribution in [2.75, 3.05) is 6.54 Å². The molecule has 5 heteroatoms. The van der Waals surface area contributed by atoms with Crippen molar-refractivity contribution >= 4 is 11.0 Å². The maximum absolute atomic E-state index is 5.64. The van der Waals surface area contributed by atoms with Crippen LogP contribution in [0, 0.1) is 13.8 Å². The highest BCUT2D eigenvalue weighted by molar-refractivity contribution is 5.81. The van der Waals surface area contributed by atoms with E-state index in [0.717, 1.165) is 46.1 Å². The summed E-state index contributed by atoms with van der Waals surface area (Å²) in [5.74, 6) is 1.96. The molecule has 3 aromatic rings. The maximum Gasteiger partial charge on any atom is 0.110 e. The minimum Gasteiger partial charge on any atom is -0.342 e. The molecule has 0 aliphatic heterocycles. The normalized spacial score (nSPS) is 11.4. The molecule has 0 spiro atoms. The van der Waals surface area contributed by atoms with E-state index in [-0.39, 0.29) is 0 Å². The van der Waals surface area contributed by atoms with Crippen molar-refractivity contribution in [1.29, 1.82) is 0 Å². The monoisotopic (exact) mass is 269 g/mol. The van der Waals surface area contributed by atoms with E-state index in [1.54, 1.807) is 0 Å². The van der Waals surface area contributed by atoms with Crippen LogP contribution in [0.5, 0.6) is 0 Å². The van der Waals surface area contributed by atoms with Crippen LogP contribution in [0.25, 0.3) is 22.3 Å². The minimum atomic E-state index is 0.614. The molecule has 2 aromatic heterocycles. The molecule has 0 bridgehead atoms. The second kappa shape index (κ2) is 4.76. The zero-order valence-corrected chi connectivity index (χ0v) is 12.1. The van der Waals surface area contributed by atoms with Crippen molar-refractivity contribution in [3.05, 3.63) is 35.5 Å². The van der Waals surface area contributed by atoms with Gasteiger partial charge in [-0.05, 0) is 32.5 Å². The summed E-state index contributed by atoms with van der Waals surface area (Å²) in [5, 5.41) is 0. The van der Waals surface area contributed by atoms with Crippen molar-refractivity contribution in [3.63, 3.8) is 0 Å². The Morgan fingerprint density at radius 2 is 2.05 bits per heavy atom. The Balaban J connectivity index is 2.12. The fourth-order valence-electron chi connectivity index (χ4n) is 2.55. The third kappa shape index (κ3) is 2.00. The van der Waals surface area contributed by atoms with E-state index in [9.17, 15) is 0 Å². The van der Waals surface area contributed by atoms with E-state index in [1.165, 1.54) is 0 Å². The first-order valence-corrected chi connectivity index (χ1v) is 6.79. The van der Waals surface area contributed by atoms with Crippen LogP contribution in [-0.2, 0) is 13.5 Å². The van der Waals surface area contributed by atoms with Crippen LogP contribution in [0.2, 0.25) is 0 Å². The number of hydrogen-bond acceptors (Lipinski definition) is 3. The number of H-pyrrole nitrogens is 1. The zero-order valence-electron chi connectivity index (χ0n) is 12.1. The van der Waals surface area contributed by atoms with Crippen LogP contribution >= 0.6 is 0 Å². The van der Waals surface area contributed by atoms with E-state index in [1.807, 2.05) is 20.0 Å². The van der Waals surface area contributed by atoms with E-state index in [2.05, 4.69) is 33.6 Å². The number of aromatic amines is 1. The van der Waals surface area contributed by atoms with Gasteiger partial charge in [0.1, 0.15) is 11.6 Å². The average molecular weight is 269 g/mol. The Labute approximate surface area is 117 Å². The molecule has 1 aromatic carbocycles. The molecule has 3 N–H and O–H groups in total. The Bertz CT molecular complexity index is 766. The summed E-state index contributed by atoms with van der Waals surface area (Å²) >= 11 is 0. The highest BCUT2D eigenvalue weighted by Gasteiger charge is 2.13. The fourth-order valence-corrected chi connectivity index (χ4v) is 2.55. The van der Waals surface area contributed by atoms with Crippen molar-refractivity contribution in [2.24, 2.45) is 12.8 Å². The lowest BCUT2D eigenvalue weighted by atomic mass is 10.1. The molecule has 5 nitrogen and oxygen atoms in total. The van der Waals surface area contributed by atoms with Gasteiger partial charge in [-0.15, -0.1) is 0 Å². The molecule has 0 saturated carbocycles. The van der Waals surface area contributed by atoms with Gasteiger partial charge < -0.3 is 15.3 Å². The van der Waals surface area contributed by atoms with Crippen molar-refractivity contribution in [2.45, 2.75) is 20.3 Å². The molecule has 0 saturated heterocycles. The van der Waals surface area contributed by atoms with E-state index < -0.39 is 0 Å². The van der Waals surface area contributed by atoms with Gasteiger partial charge in [0.25, 0.3) is 0 Å². The molecular formula is C15H19N5. The molecule has 0 amide bonds. The second-order valence-corrected chi connectivity index (χ2v) is 5.11. The summed E-state index contributed by atoms with van der Waals surface area (Å²) in [5.41, 5.74) is 11.0. The quantitative estimate of drug-likeness (QED) is 0.764. The van der Waals surface area contributed by atoms with Crippen LogP contribution in [0.1, 0.15) is 17.3 Å². The summed E-state index contributed by atoms with van der Waals surface area (Å²) in [6.07, 6.45) is 0.794. The molecule has 2 heterocycles. The molecule has 0 aliphatic rings. The third-order valence-electron chi connectivity index (χ3n) is 3.72. The number of rotatable bonds is 3. The lowest BCUT2D eigenvalue weighted by Crippen LogP contribution is -2.08. The molecule has 0 fully saturated rings. The number of nitrogens with one attached hydrogen (secondary N) is 1. The number of benzene rings is 1. The fraction of sp³-hybridized carbons (Fsp3) is 0.333. The first-order chi connectivity index (χ1) is 9.60. The van der Waals surface area contributed by atoms with Crippen molar-refractivity contribution < 1.29 is 0 Å². The molecule has 3 rings (SSSR count). The van der Waals surface area contributed by atoms with Crippen LogP contribution in [-0.4, -0.2) is 26.1 Å². The van der Waals surface area contributed by atoms with Gasteiger partial charge in [-0.1, -0.05) is 6.07 Å². The Morgan fingerprint density at radius 3 is 2.80 bits per heavy atom. The van der Waals surface area contributed by atoms with Gasteiger partial charge in [0, 0.05) is 24.7 Å². The Kier molecular flexibility index (Phi) is 3.06. The SMILES string of the molecule is Cc1nc2ccc(-c3nc(CCN)n(C)c3C)cc2[nH]1. The number of nitrogens with zero attached hydrogens (tertiary/aromatic N) is 3. The number of aryl methyl sites for hydroxylation is 1. The highest BCUT2D eigenvalue weighted by Crippen LogP contribution is 2.26. The standard InChI is InChI=1S/C15H19N5/c1-9-15(19-14(6-7-16)20(9)3)11-4-5-12-13(8-11)18-10(2)17-12/h4-5,8H,6-7,16H2,1-3H3,(H,17,18).